The van der Waals surface area contributed by atoms with E-state index < -0.39 is 0 Å². The Bertz CT molecular complexity index is 485. The minimum absolute atomic E-state index is 0.155. The van der Waals surface area contributed by atoms with Gasteiger partial charge in [0.05, 0.1) is 11.4 Å². The van der Waals surface area contributed by atoms with Gasteiger partial charge in [-0.2, -0.15) is 0 Å². The van der Waals surface area contributed by atoms with Crippen LogP contribution in [0.5, 0.6) is 0 Å². The van der Waals surface area contributed by atoms with E-state index in [1.54, 1.807) is 0 Å². The molecule has 1 heterocycles. The highest BCUT2D eigenvalue weighted by Crippen LogP contribution is 2.27. The first kappa shape index (κ1) is 17.6. The molecule has 0 saturated carbocycles. The summed E-state index contributed by atoms with van der Waals surface area (Å²) < 4.78 is 0. The molecular formula is C18H29N3O2. The Kier molecular flexibility index (Phi) is 7.20. The van der Waals surface area contributed by atoms with Crippen LogP contribution in [0.25, 0.3) is 0 Å². The summed E-state index contributed by atoms with van der Waals surface area (Å²) in [5, 5.41) is 14.8. The maximum atomic E-state index is 12.1. The fourth-order valence-electron chi connectivity index (χ4n) is 2.92. The molecule has 0 aliphatic carbocycles. The van der Waals surface area contributed by atoms with Crippen molar-refractivity contribution in [1.82, 2.24) is 5.32 Å². The van der Waals surface area contributed by atoms with Crippen molar-refractivity contribution in [2.45, 2.75) is 39.0 Å². The monoisotopic (exact) mass is 319 g/mol. The number of rotatable bonds is 6. The van der Waals surface area contributed by atoms with Gasteiger partial charge >= 0.3 is 6.03 Å². The number of para-hydroxylation sites is 2. The van der Waals surface area contributed by atoms with Crippen molar-refractivity contribution in [2.75, 3.05) is 36.5 Å². The van der Waals surface area contributed by atoms with Crippen molar-refractivity contribution < 1.29 is 9.90 Å². The molecule has 5 heteroatoms. The molecule has 1 aromatic carbocycles. The average Bonchev–Trinajstić information content (AvgIpc) is 2.83. The zero-order valence-electron chi connectivity index (χ0n) is 14.1. The van der Waals surface area contributed by atoms with Gasteiger partial charge in [0.15, 0.2) is 0 Å². The third kappa shape index (κ3) is 5.75. The summed E-state index contributed by atoms with van der Waals surface area (Å²) in [5.74, 6) is 0.270. The first-order valence-corrected chi connectivity index (χ1v) is 8.70. The van der Waals surface area contributed by atoms with E-state index in [9.17, 15) is 4.79 Å². The zero-order chi connectivity index (χ0) is 16.5. The number of hydrogen-bond donors (Lipinski definition) is 3. The molecule has 1 aliphatic heterocycles. The van der Waals surface area contributed by atoms with Crippen molar-refractivity contribution in [1.29, 1.82) is 0 Å². The summed E-state index contributed by atoms with van der Waals surface area (Å²) in [6.07, 6.45) is 5.69. The van der Waals surface area contributed by atoms with Crippen LogP contribution in [-0.4, -0.2) is 37.4 Å². The van der Waals surface area contributed by atoms with E-state index in [4.69, 9.17) is 5.11 Å². The standard InChI is InChI=1S/C18H29N3O2/c1-15(10-13-22)14-19-18(23)20-16-8-4-5-9-17(16)21-11-6-2-3-7-12-21/h4-5,8-9,15,22H,2-3,6-7,10-14H2,1H3,(H2,19,20,23)/t15-/m0/s1. The normalized spacial score (nSPS) is 16.5. The van der Waals surface area contributed by atoms with Crippen LogP contribution >= 0.6 is 0 Å². The van der Waals surface area contributed by atoms with Crippen LogP contribution in [0.15, 0.2) is 24.3 Å². The lowest BCUT2D eigenvalue weighted by Gasteiger charge is -2.25. The van der Waals surface area contributed by atoms with E-state index >= 15 is 0 Å². The van der Waals surface area contributed by atoms with Gasteiger partial charge in [0, 0.05) is 26.2 Å². The number of urea groups is 1. The van der Waals surface area contributed by atoms with Gasteiger partial charge in [0.1, 0.15) is 0 Å². The molecule has 1 atom stereocenters. The largest absolute Gasteiger partial charge is 0.396 e. The maximum absolute atomic E-state index is 12.1. The van der Waals surface area contributed by atoms with Gasteiger partial charge in [0.25, 0.3) is 0 Å². The van der Waals surface area contributed by atoms with Gasteiger partial charge in [-0.15, -0.1) is 0 Å². The molecule has 0 spiro atoms. The smallest absolute Gasteiger partial charge is 0.319 e. The highest BCUT2D eigenvalue weighted by atomic mass is 16.3. The summed E-state index contributed by atoms with van der Waals surface area (Å²) in [6, 6.07) is 7.82. The van der Waals surface area contributed by atoms with Gasteiger partial charge in [-0.05, 0) is 37.3 Å². The molecule has 3 N–H and O–H groups in total. The second kappa shape index (κ2) is 9.40. The van der Waals surface area contributed by atoms with Gasteiger partial charge in [-0.25, -0.2) is 4.79 Å². The van der Waals surface area contributed by atoms with Crippen molar-refractivity contribution >= 4 is 17.4 Å². The molecule has 1 aromatic rings. The highest BCUT2D eigenvalue weighted by molar-refractivity contribution is 5.93. The lowest BCUT2D eigenvalue weighted by Crippen LogP contribution is -2.33. The molecule has 1 fully saturated rings. The zero-order valence-corrected chi connectivity index (χ0v) is 14.1. The van der Waals surface area contributed by atoms with Crippen LogP contribution in [0.1, 0.15) is 39.0 Å². The Morgan fingerprint density at radius 1 is 1.22 bits per heavy atom. The SMILES string of the molecule is C[C@@H](CCO)CNC(=O)Nc1ccccc1N1CCCCCC1. The molecule has 0 unspecified atom stereocenters. The van der Waals surface area contributed by atoms with Crippen LogP contribution < -0.4 is 15.5 Å². The molecule has 1 aliphatic rings. The van der Waals surface area contributed by atoms with E-state index in [2.05, 4.69) is 21.6 Å². The number of hydrogen-bond acceptors (Lipinski definition) is 3. The third-order valence-corrected chi connectivity index (χ3v) is 4.33. The Morgan fingerprint density at radius 2 is 1.91 bits per heavy atom. The molecule has 23 heavy (non-hydrogen) atoms. The average molecular weight is 319 g/mol. The van der Waals surface area contributed by atoms with Crippen molar-refractivity contribution in [3.63, 3.8) is 0 Å². The first-order chi connectivity index (χ1) is 11.2. The number of aliphatic hydroxyl groups is 1. The lowest BCUT2D eigenvalue weighted by atomic mass is 10.1. The summed E-state index contributed by atoms with van der Waals surface area (Å²) in [5.41, 5.74) is 1.97. The molecular weight excluding hydrogens is 290 g/mol. The quantitative estimate of drug-likeness (QED) is 0.754. The van der Waals surface area contributed by atoms with E-state index in [-0.39, 0.29) is 18.6 Å². The van der Waals surface area contributed by atoms with Crippen molar-refractivity contribution in [3.8, 4) is 0 Å². The van der Waals surface area contributed by atoms with E-state index in [0.717, 1.165) is 24.5 Å². The Morgan fingerprint density at radius 3 is 2.61 bits per heavy atom. The Balaban J connectivity index is 1.95. The lowest BCUT2D eigenvalue weighted by molar-refractivity contribution is 0.243. The summed E-state index contributed by atoms with van der Waals surface area (Å²) >= 11 is 0. The molecule has 0 bridgehead atoms. The number of anilines is 2. The predicted octanol–water partition coefficient (Wildman–Crippen LogP) is 3.21. The van der Waals surface area contributed by atoms with Crippen LogP contribution in [0.3, 0.4) is 0 Å². The van der Waals surface area contributed by atoms with Gasteiger partial charge < -0.3 is 20.6 Å². The Hall–Kier alpha value is -1.75. The second-order valence-corrected chi connectivity index (χ2v) is 6.37. The summed E-state index contributed by atoms with van der Waals surface area (Å²) in [4.78, 5) is 14.5. The number of nitrogens with one attached hydrogen (secondary N) is 2. The highest BCUT2D eigenvalue weighted by Gasteiger charge is 2.14. The van der Waals surface area contributed by atoms with Gasteiger partial charge in [-0.3, -0.25) is 0 Å². The Labute approximate surface area is 139 Å². The van der Waals surface area contributed by atoms with E-state index in [1.165, 1.54) is 25.7 Å². The topological polar surface area (TPSA) is 64.6 Å². The number of amides is 2. The summed E-state index contributed by atoms with van der Waals surface area (Å²) in [7, 11) is 0. The molecule has 0 radical (unpaired) electrons. The minimum Gasteiger partial charge on any atom is -0.396 e. The van der Waals surface area contributed by atoms with Crippen LogP contribution in [-0.2, 0) is 0 Å². The van der Waals surface area contributed by atoms with E-state index in [1.807, 2.05) is 25.1 Å². The summed E-state index contributed by atoms with van der Waals surface area (Å²) in [6.45, 7) is 4.84. The van der Waals surface area contributed by atoms with Crippen LogP contribution in [0.2, 0.25) is 0 Å². The second-order valence-electron chi connectivity index (χ2n) is 6.37. The number of carbonyl (C=O) groups is 1. The van der Waals surface area contributed by atoms with Gasteiger partial charge in [-0.1, -0.05) is 31.9 Å². The number of aliphatic hydroxyl groups excluding tert-OH is 1. The number of carbonyl (C=O) groups excluding carboxylic acids is 1. The molecule has 2 amide bonds. The molecule has 5 nitrogen and oxygen atoms in total. The fourth-order valence-corrected chi connectivity index (χ4v) is 2.92. The maximum Gasteiger partial charge on any atom is 0.319 e. The molecule has 1 saturated heterocycles. The van der Waals surface area contributed by atoms with Crippen molar-refractivity contribution in [3.05, 3.63) is 24.3 Å². The number of benzene rings is 1. The predicted molar refractivity (Wildman–Crippen MR) is 95.0 cm³/mol. The third-order valence-electron chi connectivity index (χ3n) is 4.33. The number of nitrogens with zero attached hydrogens (tertiary/aromatic N) is 1. The van der Waals surface area contributed by atoms with E-state index in [0.29, 0.717) is 13.0 Å². The van der Waals surface area contributed by atoms with Gasteiger partial charge in [0.2, 0.25) is 0 Å². The van der Waals surface area contributed by atoms with Crippen molar-refractivity contribution in [2.24, 2.45) is 5.92 Å². The van der Waals surface area contributed by atoms with Crippen LogP contribution in [0.4, 0.5) is 16.2 Å². The minimum atomic E-state index is -0.183. The molecule has 128 valence electrons. The van der Waals surface area contributed by atoms with Crippen LogP contribution in [0, 0.1) is 5.92 Å². The molecule has 2 rings (SSSR count). The first-order valence-electron chi connectivity index (χ1n) is 8.70. The molecule has 0 aromatic heterocycles. The fraction of sp³-hybridized carbons (Fsp3) is 0.611.